The summed E-state index contributed by atoms with van der Waals surface area (Å²) in [6, 6.07) is 29.8. The number of benzene rings is 3. The largest absolute Gasteiger partial charge is 0.390 e. The molecule has 0 aliphatic carbocycles. The maximum absolute atomic E-state index is 11.7. The second-order valence-electron chi connectivity index (χ2n) is 6.28. The molecule has 0 N–H and O–H groups in total. The summed E-state index contributed by atoms with van der Waals surface area (Å²) < 4.78 is 6.91. The Balaban J connectivity index is 2.11. The lowest BCUT2D eigenvalue weighted by Crippen LogP contribution is -2.39. The van der Waals surface area contributed by atoms with E-state index in [-0.39, 0.29) is 6.01 Å². The summed E-state index contributed by atoms with van der Waals surface area (Å²) in [6.07, 6.45) is 0. The van der Waals surface area contributed by atoms with Gasteiger partial charge in [-0.2, -0.15) is 4.68 Å². The highest BCUT2D eigenvalue weighted by atomic mass is 16.6. The van der Waals surface area contributed by atoms with Gasteiger partial charge in [-0.1, -0.05) is 96.1 Å². The molecular formula is C22H18N4O2. The van der Waals surface area contributed by atoms with Crippen LogP contribution in [0, 0.1) is 0 Å². The van der Waals surface area contributed by atoms with Crippen molar-refractivity contribution in [1.82, 2.24) is 20.2 Å². The van der Waals surface area contributed by atoms with Gasteiger partial charge >= 0.3 is 12.0 Å². The number of carbonyl (C=O) groups is 1. The molecule has 1 heterocycles. The smallest absolute Gasteiger partial charge is 0.344 e. The van der Waals surface area contributed by atoms with Gasteiger partial charge in [0, 0.05) is 6.92 Å². The van der Waals surface area contributed by atoms with E-state index in [1.807, 2.05) is 91.0 Å². The number of tetrazole rings is 1. The van der Waals surface area contributed by atoms with E-state index in [1.54, 1.807) is 4.68 Å². The lowest BCUT2D eigenvalue weighted by atomic mass is 9.77. The normalized spacial score (nSPS) is 11.2. The van der Waals surface area contributed by atoms with E-state index >= 15 is 0 Å². The maximum atomic E-state index is 11.7. The number of nitrogens with zero attached hydrogens (tertiary/aromatic N) is 4. The predicted molar refractivity (Wildman–Crippen MR) is 104 cm³/mol. The van der Waals surface area contributed by atoms with Crippen LogP contribution in [0.25, 0.3) is 0 Å². The van der Waals surface area contributed by atoms with Crippen LogP contribution in [0.15, 0.2) is 91.0 Å². The van der Waals surface area contributed by atoms with Crippen molar-refractivity contribution < 1.29 is 9.53 Å². The van der Waals surface area contributed by atoms with E-state index in [2.05, 4.69) is 15.5 Å². The van der Waals surface area contributed by atoms with Crippen LogP contribution in [0.5, 0.6) is 6.01 Å². The third-order valence-corrected chi connectivity index (χ3v) is 4.57. The monoisotopic (exact) mass is 370 g/mol. The van der Waals surface area contributed by atoms with Crippen LogP contribution in [-0.4, -0.2) is 26.2 Å². The molecule has 6 nitrogen and oxygen atoms in total. The predicted octanol–water partition coefficient (Wildman–Crippen LogP) is 3.44. The van der Waals surface area contributed by atoms with E-state index in [1.165, 1.54) is 6.92 Å². The molecule has 3 aromatic carbocycles. The Morgan fingerprint density at radius 2 is 1.21 bits per heavy atom. The van der Waals surface area contributed by atoms with E-state index < -0.39 is 11.5 Å². The molecule has 0 atom stereocenters. The van der Waals surface area contributed by atoms with Crippen LogP contribution < -0.4 is 4.74 Å². The van der Waals surface area contributed by atoms with E-state index in [9.17, 15) is 4.79 Å². The number of hydrogen-bond acceptors (Lipinski definition) is 5. The van der Waals surface area contributed by atoms with Gasteiger partial charge in [-0.15, -0.1) is 0 Å². The average molecular weight is 370 g/mol. The molecule has 0 unspecified atom stereocenters. The Bertz CT molecular complexity index is 967. The lowest BCUT2D eigenvalue weighted by molar-refractivity contribution is -0.132. The van der Waals surface area contributed by atoms with Crippen LogP contribution in [0.3, 0.4) is 0 Å². The lowest BCUT2D eigenvalue weighted by Gasteiger charge is -2.35. The number of rotatable bonds is 5. The molecule has 4 aromatic rings. The summed E-state index contributed by atoms with van der Waals surface area (Å²) in [5.41, 5.74) is 1.90. The Labute approximate surface area is 162 Å². The summed E-state index contributed by atoms with van der Waals surface area (Å²) in [6.45, 7) is 1.33. The SMILES string of the molecule is CC(=O)Oc1nnnn1C(c1ccccc1)(c1ccccc1)c1ccccc1. The standard InChI is InChI=1S/C22H18N4O2/c1-17(27)28-21-23-24-25-26(21)22(18-11-5-2-6-12-18,19-13-7-3-8-14-19)20-15-9-4-10-16-20/h2-16H,1H3. The molecule has 0 fully saturated rings. The van der Waals surface area contributed by atoms with Gasteiger partial charge in [0.15, 0.2) is 0 Å². The molecule has 1 aromatic heterocycles. The van der Waals surface area contributed by atoms with Gasteiger partial charge in [-0.25, -0.2) is 0 Å². The Hall–Kier alpha value is -3.80. The van der Waals surface area contributed by atoms with E-state index in [0.717, 1.165) is 16.7 Å². The second-order valence-corrected chi connectivity index (χ2v) is 6.28. The first kappa shape index (κ1) is 17.6. The zero-order valence-corrected chi connectivity index (χ0v) is 15.3. The van der Waals surface area contributed by atoms with Gasteiger partial charge in [0.25, 0.3) is 0 Å². The zero-order chi connectivity index (χ0) is 19.4. The van der Waals surface area contributed by atoms with Gasteiger partial charge in [0.2, 0.25) is 0 Å². The van der Waals surface area contributed by atoms with Crippen molar-refractivity contribution in [3.63, 3.8) is 0 Å². The number of ether oxygens (including phenoxy) is 1. The topological polar surface area (TPSA) is 69.9 Å². The summed E-state index contributed by atoms with van der Waals surface area (Å²) in [5.74, 6) is -0.487. The molecule has 6 heteroatoms. The van der Waals surface area contributed by atoms with Gasteiger partial charge in [0.05, 0.1) is 0 Å². The highest BCUT2D eigenvalue weighted by Gasteiger charge is 2.42. The molecule has 0 aliphatic heterocycles. The minimum atomic E-state index is -0.919. The van der Waals surface area contributed by atoms with Crippen molar-refractivity contribution in [1.29, 1.82) is 0 Å². The second kappa shape index (κ2) is 7.44. The van der Waals surface area contributed by atoms with Gasteiger partial charge in [-0.05, 0) is 27.1 Å². The summed E-state index contributed by atoms with van der Waals surface area (Å²) >= 11 is 0. The van der Waals surface area contributed by atoms with Crippen molar-refractivity contribution in [2.45, 2.75) is 12.5 Å². The molecule has 0 spiro atoms. The van der Waals surface area contributed by atoms with Gasteiger partial charge in [-0.3, -0.25) is 4.79 Å². The fourth-order valence-electron chi connectivity index (χ4n) is 3.49. The molecule has 4 rings (SSSR count). The van der Waals surface area contributed by atoms with Crippen LogP contribution >= 0.6 is 0 Å². The molecule has 0 saturated carbocycles. The Morgan fingerprint density at radius 3 is 1.61 bits per heavy atom. The van der Waals surface area contributed by atoms with Crippen LogP contribution in [0.1, 0.15) is 23.6 Å². The quantitative estimate of drug-likeness (QED) is 0.398. The highest BCUT2D eigenvalue weighted by Crippen LogP contribution is 2.41. The van der Waals surface area contributed by atoms with E-state index in [0.29, 0.717) is 0 Å². The van der Waals surface area contributed by atoms with Crippen molar-refractivity contribution in [3.05, 3.63) is 108 Å². The fourth-order valence-corrected chi connectivity index (χ4v) is 3.49. The fraction of sp³-hybridized carbons (Fsp3) is 0.0909. The molecule has 0 bridgehead atoms. The van der Waals surface area contributed by atoms with Crippen LogP contribution in [-0.2, 0) is 10.3 Å². The molecule has 28 heavy (non-hydrogen) atoms. The first-order valence-corrected chi connectivity index (χ1v) is 8.87. The number of aromatic nitrogens is 4. The zero-order valence-electron chi connectivity index (χ0n) is 15.3. The molecule has 0 radical (unpaired) electrons. The molecule has 0 aliphatic rings. The summed E-state index contributed by atoms with van der Waals surface area (Å²) in [4.78, 5) is 11.7. The van der Waals surface area contributed by atoms with Crippen molar-refractivity contribution in [2.24, 2.45) is 0 Å². The van der Waals surface area contributed by atoms with Crippen molar-refractivity contribution in [3.8, 4) is 6.01 Å². The number of esters is 1. The van der Waals surface area contributed by atoms with Crippen LogP contribution in [0.4, 0.5) is 0 Å². The Kier molecular flexibility index (Phi) is 4.68. The van der Waals surface area contributed by atoms with Crippen LogP contribution in [0.2, 0.25) is 0 Å². The minimum Gasteiger partial charge on any atom is -0.390 e. The van der Waals surface area contributed by atoms with E-state index in [4.69, 9.17) is 4.74 Å². The maximum Gasteiger partial charge on any atom is 0.344 e. The minimum absolute atomic E-state index is 0.0315. The first-order valence-electron chi connectivity index (χ1n) is 8.87. The third-order valence-electron chi connectivity index (χ3n) is 4.57. The summed E-state index contributed by atoms with van der Waals surface area (Å²) in [7, 11) is 0. The molecule has 0 amide bonds. The first-order chi connectivity index (χ1) is 13.7. The van der Waals surface area contributed by atoms with Gasteiger partial charge in [0.1, 0.15) is 5.54 Å². The van der Waals surface area contributed by atoms with Crippen molar-refractivity contribution in [2.75, 3.05) is 0 Å². The molecular weight excluding hydrogens is 352 g/mol. The molecule has 138 valence electrons. The third kappa shape index (κ3) is 2.95. The summed E-state index contributed by atoms with van der Waals surface area (Å²) in [5, 5.41) is 12.0. The number of hydrogen-bond donors (Lipinski definition) is 0. The average Bonchev–Trinajstić information content (AvgIpc) is 3.19. The molecule has 0 saturated heterocycles. The highest BCUT2D eigenvalue weighted by molar-refractivity contribution is 5.68. The Morgan fingerprint density at radius 1 is 0.786 bits per heavy atom. The van der Waals surface area contributed by atoms with Crippen molar-refractivity contribution >= 4 is 5.97 Å². The number of carbonyl (C=O) groups excluding carboxylic acids is 1. The van der Waals surface area contributed by atoms with Gasteiger partial charge < -0.3 is 4.74 Å².